The molecule has 0 saturated heterocycles. The van der Waals surface area contributed by atoms with Crippen molar-refractivity contribution in [3.8, 4) is 22.9 Å². The van der Waals surface area contributed by atoms with Crippen LogP contribution in [0.4, 0.5) is 0 Å². The number of aromatic amines is 1. The molecule has 0 aliphatic rings. The van der Waals surface area contributed by atoms with Crippen molar-refractivity contribution < 1.29 is 19.7 Å². The molecule has 3 aromatic rings. The number of nitrogens with one attached hydrogen (secondary N) is 1. The summed E-state index contributed by atoms with van der Waals surface area (Å²) in [7, 11) is 0. The normalized spacial score (nSPS) is 12.3. The summed E-state index contributed by atoms with van der Waals surface area (Å²) < 4.78 is 12.6. The van der Waals surface area contributed by atoms with Crippen LogP contribution in [0.25, 0.3) is 11.4 Å². The highest BCUT2D eigenvalue weighted by Crippen LogP contribution is 2.36. The van der Waals surface area contributed by atoms with Gasteiger partial charge < -0.3 is 19.7 Å². The van der Waals surface area contributed by atoms with E-state index in [1.807, 2.05) is 39.8 Å². The van der Waals surface area contributed by atoms with Gasteiger partial charge in [0.2, 0.25) is 0 Å². The maximum absolute atomic E-state index is 12.6. The monoisotopic (exact) mass is 525 g/mol. The minimum Gasteiger partial charge on any atom is -0.508 e. The third-order valence-corrected chi connectivity index (χ3v) is 6.88. The molecule has 1 unspecified atom stereocenters. The van der Waals surface area contributed by atoms with Crippen LogP contribution in [-0.4, -0.2) is 51.4 Å². The fourth-order valence-corrected chi connectivity index (χ4v) is 4.73. The van der Waals surface area contributed by atoms with Crippen LogP contribution in [0.15, 0.2) is 41.2 Å². The molecule has 0 radical (unpaired) electrons. The van der Waals surface area contributed by atoms with Gasteiger partial charge in [0, 0.05) is 32.5 Å². The summed E-state index contributed by atoms with van der Waals surface area (Å²) in [6.07, 6.45) is 5.38. The number of phenolic OH excluding ortho intramolecular Hbond substituents is 2. The molecule has 8 heteroatoms. The van der Waals surface area contributed by atoms with Crippen molar-refractivity contribution in [1.29, 1.82) is 0 Å². The van der Waals surface area contributed by atoms with Crippen LogP contribution in [0.1, 0.15) is 76.0 Å². The first-order chi connectivity index (χ1) is 18.3. The van der Waals surface area contributed by atoms with Gasteiger partial charge in [0.05, 0.1) is 12.1 Å². The fraction of sp³-hybridized carbons (Fsp3) is 0.533. The zero-order valence-electron chi connectivity index (χ0n) is 23.2. The molecule has 0 bridgehead atoms. The summed E-state index contributed by atoms with van der Waals surface area (Å²) >= 11 is 0. The third kappa shape index (κ3) is 8.20. The van der Waals surface area contributed by atoms with Crippen molar-refractivity contribution >= 4 is 0 Å². The van der Waals surface area contributed by atoms with Gasteiger partial charge in [-0.05, 0) is 74.1 Å². The number of phenols is 2. The lowest BCUT2D eigenvalue weighted by atomic mass is 9.91. The Kier molecular flexibility index (Phi) is 11.4. The van der Waals surface area contributed by atoms with E-state index in [9.17, 15) is 15.0 Å². The Bertz CT molecular complexity index is 1180. The number of nitrogens with zero attached hydrogens (tertiary/aromatic N) is 2. The Morgan fingerprint density at radius 2 is 1.61 bits per heavy atom. The number of aromatic hydroxyl groups is 2. The molecule has 1 heterocycles. The van der Waals surface area contributed by atoms with Gasteiger partial charge in [0.1, 0.15) is 11.5 Å². The Morgan fingerprint density at radius 1 is 0.921 bits per heavy atom. The molecule has 38 heavy (non-hydrogen) atoms. The second kappa shape index (κ2) is 14.7. The minimum atomic E-state index is -0.356. The minimum absolute atomic E-state index is 0.0233. The molecule has 1 atom stereocenters. The number of hydrogen-bond donors (Lipinski definition) is 3. The van der Waals surface area contributed by atoms with Gasteiger partial charge in [0.15, 0.2) is 5.82 Å². The highest BCUT2D eigenvalue weighted by atomic mass is 16.5. The molecule has 0 aliphatic carbocycles. The average molecular weight is 526 g/mol. The highest BCUT2D eigenvalue weighted by molar-refractivity contribution is 5.67. The first kappa shape index (κ1) is 29.5. The number of ether oxygens (including phenoxy) is 2. The summed E-state index contributed by atoms with van der Waals surface area (Å²) in [5.74, 6) is 0.825. The predicted molar refractivity (Wildman–Crippen MR) is 150 cm³/mol. The lowest BCUT2D eigenvalue weighted by molar-refractivity contribution is 0.126. The topological polar surface area (TPSA) is 110 Å². The van der Waals surface area contributed by atoms with E-state index in [4.69, 9.17) is 9.47 Å². The third-order valence-electron chi connectivity index (χ3n) is 6.88. The molecule has 208 valence electrons. The average Bonchev–Trinajstić information content (AvgIpc) is 3.24. The number of H-pyrrole nitrogens is 1. The largest absolute Gasteiger partial charge is 0.508 e. The molecule has 0 fully saturated rings. The first-order valence-electron chi connectivity index (χ1n) is 13.8. The summed E-state index contributed by atoms with van der Waals surface area (Å²) in [5, 5.41) is 27.4. The molecule has 0 amide bonds. The van der Waals surface area contributed by atoms with Crippen LogP contribution >= 0.6 is 0 Å². The van der Waals surface area contributed by atoms with E-state index in [1.165, 1.54) is 16.2 Å². The maximum Gasteiger partial charge on any atom is 0.343 e. The molecule has 2 aromatic carbocycles. The quantitative estimate of drug-likeness (QED) is 0.210. The molecule has 0 aliphatic heterocycles. The van der Waals surface area contributed by atoms with Crippen molar-refractivity contribution in [3.63, 3.8) is 0 Å². The zero-order valence-corrected chi connectivity index (χ0v) is 23.2. The van der Waals surface area contributed by atoms with Crippen molar-refractivity contribution in [3.05, 3.63) is 63.6 Å². The molecular formula is C30H43N3O5. The number of rotatable bonds is 16. The van der Waals surface area contributed by atoms with E-state index in [0.29, 0.717) is 29.4 Å². The zero-order chi connectivity index (χ0) is 27.5. The first-order valence-corrected chi connectivity index (χ1v) is 13.8. The Morgan fingerprint density at radius 3 is 2.29 bits per heavy atom. The summed E-state index contributed by atoms with van der Waals surface area (Å²) in [5.41, 5.74) is 2.95. The van der Waals surface area contributed by atoms with Gasteiger partial charge in [0.25, 0.3) is 0 Å². The Balaban J connectivity index is 1.72. The van der Waals surface area contributed by atoms with Crippen LogP contribution in [-0.2, 0) is 22.4 Å². The molecular weight excluding hydrogens is 482 g/mol. The van der Waals surface area contributed by atoms with Crippen molar-refractivity contribution in [1.82, 2.24) is 14.8 Å². The van der Waals surface area contributed by atoms with E-state index in [1.54, 1.807) is 6.07 Å². The summed E-state index contributed by atoms with van der Waals surface area (Å²) in [6, 6.07) is 11.3. The van der Waals surface area contributed by atoms with E-state index in [2.05, 4.69) is 22.3 Å². The van der Waals surface area contributed by atoms with Gasteiger partial charge >= 0.3 is 5.69 Å². The molecule has 1 aromatic heterocycles. The predicted octanol–water partition coefficient (Wildman–Crippen LogP) is 5.61. The Labute approximate surface area is 225 Å². The van der Waals surface area contributed by atoms with Crippen molar-refractivity contribution in [2.24, 2.45) is 5.92 Å². The van der Waals surface area contributed by atoms with E-state index in [-0.39, 0.29) is 23.1 Å². The van der Waals surface area contributed by atoms with E-state index < -0.39 is 0 Å². The smallest absolute Gasteiger partial charge is 0.343 e. The fourth-order valence-electron chi connectivity index (χ4n) is 4.73. The maximum atomic E-state index is 12.6. The number of benzene rings is 2. The molecule has 3 rings (SSSR count). The number of aromatic nitrogens is 3. The van der Waals surface area contributed by atoms with Crippen LogP contribution in [0.3, 0.4) is 0 Å². The van der Waals surface area contributed by atoms with Gasteiger partial charge in [-0.25, -0.2) is 9.89 Å². The van der Waals surface area contributed by atoms with Crippen LogP contribution < -0.4 is 5.69 Å². The lowest BCUT2D eigenvalue weighted by Gasteiger charge is -2.17. The highest BCUT2D eigenvalue weighted by Gasteiger charge is 2.19. The lowest BCUT2D eigenvalue weighted by Crippen LogP contribution is -2.18. The van der Waals surface area contributed by atoms with Crippen LogP contribution in [0.2, 0.25) is 0 Å². The van der Waals surface area contributed by atoms with Crippen molar-refractivity contribution in [2.75, 3.05) is 26.4 Å². The number of unbranched alkanes of at least 4 members (excludes halogenated alkanes) is 1. The molecule has 3 N–H and O–H groups in total. The van der Waals surface area contributed by atoms with Gasteiger partial charge in [-0.15, -0.1) is 0 Å². The van der Waals surface area contributed by atoms with Gasteiger partial charge in [-0.3, -0.25) is 4.57 Å². The van der Waals surface area contributed by atoms with Gasteiger partial charge in [-0.2, -0.15) is 5.10 Å². The molecule has 0 saturated carbocycles. The molecule has 8 nitrogen and oxygen atoms in total. The summed E-state index contributed by atoms with van der Waals surface area (Å²) in [6.45, 7) is 11.4. The van der Waals surface area contributed by atoms with Crippen LogP contribution in [0.5, 0.6) is 11.5 Å². The second-order valence-electron chi connectivity index (χ2n) is 10.1. The number of hydrogen-bond acceptors (Lipinski definition) is 6. The standard InChI is InChI=1S/C30H43N3O5/c1-5-37-15-8-7-9-22(14-16-38-6-2)17-23-10-12-24(13-11-23)20-33-29(31-32-30(33)36)26-18-25(21(3)4)27(34)19-28(26)35/h10-13,18-19,21-22,34-35H,5-9,14-17,20H2,1-4H3,(H,32,36). The second-order valence-corrected chi connectivity index (χ2v) is 10.1. The SMILES string of the molecule is CCOCCCCC(CCOCC)Cc1ccc(Cn2c(-c3cc(C(C)C)c(O)cc3O)n[nH]c2=O)cc1. The van der Waals surface area contributed by atoms with Crippen molar-refractivity contribution in [2.45, 2.75) is 72.3 Å². The van der Waals surface area contributed by atoms with E-state index in [0.717, 1.165) is 64.1 Å². The Hall–Kier alpha value is -3.10. The molecule has 0 spiro atoms. The van der Waals surface area contributed by atoms with Crippen LogP contribution in [0, 0.1) is 5.92 Å². The van der Waals surface area contributed by atoms with Gasteiger partial charge in [-0.1, -0.05) is 44.5 Å². The van der Waals surface area contributed by atoms with E-state index >= 15 is 0 Å². The summed E-state index contributed by atoms with van der Waals surface area (Å²) in [4.78, 5) is 12.6.